The van der Waals surface area contributed by atoms with E-state index in [4.69, 9.17) is 0 Å². The molecule has 0 radical (unpaired) electrons. The molecule has 2 rings (SSSR count). The van der Waals surface area contributed by atoms with Crippen molar-refractivity contribution in [3.63, 3.8) is 0 Å². The molecule has 1 aliphatic heterocycles. The van der Waals surface area contributed by atoms with Gasteiger partial charge in [0.2, 0.25) is 5.91 Å². The van der Waals surface area contributed by atoms with Crippen LogP contribution < -0.4 is 0 Å². The Balaban J connectivity index is 2.13. The number of amides is 1. The predicted octanol–water partition coefficient (Wildman–Crippen LogP) is 2.91. The van der Waals surface area contributed by atoms with Crippen LogP contribution >= 0.6 is 0 Å². The van der Waals surface area contributed by atoms with Crippen LogP contribution in [0.1, 0.15) is 59.3 Å². The van der Waals surface area contributed by atoms with Gasteiger partial charge in [0.1, 0.15) is 6.04 Å². The highest BCUT2D eigenvalue weighted by molar-refractivity contribution is 5.86. The number of aliphatic carboxylic acids is 1. The number of carboxylic acids is 1. The van der Waals surface area contributed by atoms with Crippen LogP contribution in [-0.2, 0) is 9.59 Å². The van der Waals surface area contributed by atoms with E-state index in [2.05, 4.69) is 20.8 Å². The summed E-state index contributed by atoms with van der Waals surface area (Å²) in [7, 11) is 0. The molecule has 0 aromatic heterocycles. The van der Waals surface area contributed by atoms with Crippen molar-refractivity contribution in [1.29, 1.82) is 0 Å². The Bertz CT molecular complexity index is 391. The number of rotatable bonds is 3. The van der Waals surface area contributed by atoms with E-state index >= 15 is 0 Å². The van der Waals surface area contributed by atoms with Crippen molar-refractivity contribution in [2.24, 2.45) is 17.3 Å². The van der Waals surface area contributed by atoms with E-state index < -0.39 is 12.0 Å². The molecule has 2 fully saturated rings. The van der Waals surface area contributed by atoms with Crippen LogP contribution in [0.2, 0.25) is 0 Å². The lowest BCUT2D eigenvalue weighted by atomic mass is 9.79. The molecule has 1 saturated carbocycles. The Morgan fingerprint density at radius 3 is 2.50 bits per heavy atom. The Hall–Kier alpha value is -1.06. The molecule has 1 saturated heterocycles. The lowest BCUT2D eigenvalue weighted by Crippen LogP contribution is -2.53. The highest BCUT2D eigenvalue weighted by atomic mass is 16.4. The molecule has 1 aliphatic carbocycles. The van der Waals surface area contributed by atoms with E-state index in [-0.39, 0.29) is 17.2 Å². The smallest absolute Gasteiger partial charge is 0.326 e. The maximum atomic E-state index is 12.8. The summed E-state index contributed by atoms with van der Waals surface area (Å²) in [5.41, 5.74) is 0.0156. The van der Waals surface area contributed by atoms with Crippen molar-refractivity contribution in [3.8, 4) is 0 Å². The van der Waals surface area contributed by atoms with Gasteiger partial charge in [0.05, 0.1) is 0 Å². The summed E-state index contributed by atoms with van der Waals surface area (Å²) in [4.78, 5) is 26.0. The molecule has 2 aliphatic rings. The quantitative estimate of drug-likeness (QED) is 0.865. The minimum Gasteiger partial charge on any atom is -0.480 e. The van der Waals surface area contributed by atoms with E-state index in [1.54, 1.807) is 4.90 Å². The fraction of sp³-hybridized carbons (Fsp3) is 0.875. The summed E-state index contributed by atoms with van der Waals surface area (Å²) in [6.45, 7) is 6.98. The molecule has 1 amide bonds. The Morgan fingerprint density at radius 1 is 1.30 bits per heavy atom. The molecule has 0 spiro atoms. The van der Waals surface area contributed by atoms with Gasteiger partial charge in [-0.25, -0.2) is 4.79 Å². The topological polar surface area (TPSA) is 57.6 Å². The van der Waals surface area contributed by atoms with Gasteiger partial charge in [-0.05, 0) is 37.0 Å². The Morgan fingerprint density at radius 2 is 2.00 bits per heavy atom. The molecule has 4 heteroatoms. The number of nitrogens with zero attached hydrogens (tertiary/aromatic N) is 1. The molecular formula is C16H27NO3. The normalized spacial score (nSPS) is 33.1. The molecule has 1 N–H and O–H groups in total. The zero-order valence-corrected chi connectivity index (χ0v) is 12.9. The van der Waals surface area contributed by atoms with Crippen molar-refractivity contribution < 1.29 is 14.7 Å². The van der Waals surface area contributed by atoms with Crippen LogP contribution in [0, 0.1) is 17.3 Å². The average Bonchev–Trinajstić information content (AvgIpc) is 2.76. The van der Waals surface area contributed by atoms with E-state index in [1.165, 1.54) is 0 Å². The number of likely N-dealkylation sites (tertiary alicyclic amines) is 1. The van der Waals surface area contributed by atoms with Gasteiger partial charge in [-0.1, -0.05) is 33.6 Å². The van der Waals surface area contributed by atoms with Gasteiger partial charge < -0.3 is 10.0 Å². The predicted molar refractivity (Wildman–Crippen MR) is 77.3 cm³/mol. The third-order valence-electron chi connectivity index (χ3n) is 5.41. The van der Waals surface area contributed by atoms with Crippen LogP contribution in [-0.4, -0.2) is 34.5 Å². The molecule has 20 heavy (non-hydrogen) atoms. The number of carboxylic acid groups (broad SMARTS) is 1. The second kappa shape index (κ2) is 5.74. The first kappa shape index (κ1) is 15.3. The van der Waals surface area contributed by atoms with Gasteiger partial charge in [0.25, 0.3) is 0 Å². The van der Waals surface area contributed by atoms with Crippen molar-refractivity contribution in [2.75, 3.05) is 6.54 Å². The highest BCUT2D eigenvalue weighted by Gasteiger charge is 2.45. The van der Waals surface area contributed by atoms with E-state index in [1.807, 2.05) is 0 Å². The summed E-state index contributed by atoms with van der Waals surface area (Å²) in [6.07, 6.45) is 5.61. The lowest BCUT2D eigenvalue weighted by Gasteiger charge is -2.40. The number of piperidine rings is 1. The van der Waals surface area contributed by atoms with Gasteiger partial charge in [0.15, 0.2) is 0 Å². The first-order chi connectivity index (χ1) is 9.36. The summed E-state index contributed by atoms with van der Waals surface area (Å²) in [5.74, 6) is -0.318. The number of hydrogen-bond donors (Lipinski definition) is 1. The Labute approximate surface area is 121 Å². The number of carbonyl (C=O) groups is 2. The summed E-state index contributed by atoms with van der Waals surface area (Å²) >= 11 is 0. The fourth-order valence-electron chi connectivity index (χ4n) is 3.89. The highest BCUT2D eigenvalue weighted by Crippen LogP contribution is 2.44. The average molecular weight is 281 g/mol. The van der Waals surface area contributed by atoms with Crippen molar-refractivity contribution >= 4 is 11.9 Å². The zero-order chi connectivity index (χ0) is 14.9. The van der Waals surface area contributed by atoms with Crippen molar-refractivity contribution in [2.45, 2.75) is 65.3 Å². The lowest BCUT2D eigenvalue weighted by molar-refractivity contribution is -0.156. The third-order valence-corrected chi connectivity index (χ3v) is 5.41. The molecule has 4 nitrogen and oxygen atoms in total. The maximum absolute atomic E-state index is 12.8. The molecule has 3 atom stereocenters. The molecule has 0 bridgehead atoms. The molecule has 0 aromatic rings. The second-order valence-electron chi connectivity index (χ2n) is 7.12. The van der Waals surface area contributed by atoms with Crippen LogP contribution in [0.3, 0.4) is 0 Å². The largest absolute Gasteiger partial charge is 0.480 e. The van der Waals surface area contributed by atoms with Crippen LogP contribution in [0.15, 0.2) is 0 Å². The number of hydrogen-bond acceptors (Lipinski definition) is 2. The number of carbonyl (C=O) groups excluding carboxylic acids is 1. The minimum atomic E-state index is -0.840. The van der Waals surface area contributed by atoms with Gasteiger partial charge in [0, 0.05) is 12.5 Å². The second-order valence-corrected chi connectivity index (χ2v) is 7.12. The van der Waals surface area contributed by atoms with Gasteiger partial charge in [-0.3, -0.25) is 4.79 Å². The monoisotopic (exact) mass is 281 g/mol. The van der Waals surface area contributed by atoms with Gasteiger partial charge in [-0.2, -0.15) is 0 Å². The summed E-state index contributed by atoms with van der Waals surface area (Å²) in [6, 6.07) is -0.613. The molecule has 3 unspecified atom stereocenters. The van der Waals surface area contributed by atoms with Crippen LogP contribution in [0.4, 0.5) is 0 Å². The first-order valence-corrected chi connectivity index (χ1v) is 7.90. The minimum absolute atomic E-state index is 0.00234. The summed E-state index contributed by atoms with van der Waals surface area (Å²) in [5, 5.41) is 9.45. The van der Waals surface area contributed by atoms with E-state index in [9.17, 15) is 14.7 Å². The molecule has 0 aromatic carbocycles. The SMILES string of the molecule is CCC1CCN(C(=O)C2CCCC2(C)C)C(C(=O)O)C1. The third kappa shape index (κ3) is 2.84. The molecule has 114 valence electrons. The maximum Gasteiger partial charge on any atom is 0.326 e. The van der Waals surface area contributed by atoms with E-state index in [0.29, 0.717) is 18.9 Å². The fourth-order valence-corrected chi connectivity index (χ4v) is 3.89. The standard InChI is InChI=1S/C16H27NO3/c1-4-11-7-9-17(13(10-11)15(19)20)14(18)12-6-5-8-16(12,2)3/h11-13H,4-10H2,1-3H3,(H,19,20). The van der Waals surface area contributed by atoms with Crippen molar-refractivity contribution in [1.82, 2.24) is 4.90 Å². The first-order valence-electron chi connectivity index (χ1n) is 7.90. The van der Waals surface area contributed by atoms with Crippen LogP contribution in [0.5, 0.6) is 0 Å². The molecular weight excluding hydrogens is 254 g/mol. The summed E-state index contributed by atoms with van der Waals surface area (Å²) < 4.78 is 0. The molecule has 1 heterocycles. The van der Waals surface area contributed by atoms with Crippen molar-refractivity contribution in [3.05, 3.63) is 0 Å². The zero-order valence-electron chi connectivity index (χ0n) is 12.9. The van der Waals surface area contributed by atoms with Crippen LogP contribution in [0.25, 0.3) is 0 Å². The van der Waals surface area contributed by atoms with Gasteiger partial charge >= 0.3 is 5.97 Å². The Kier molecular flexibility index (Phi) is 4.40. The van der Waals surface area contributed by atoms with E-state index in [0.717, 1.165) is 32.1 Å². The van der Waals surface area contributed by atoms with Gasteiger partial charge in [-0.15, -0.1) is 0 Å².